The van der Waals surface area contributed by atoms with E-state index in [1.54, 1.807) is 36.2 Å². The number of likely N-dealkylation sites (N-methyl/N-ethyl adjacent to an activating group) is 1. The van der Waals surface area contributed by atoms with E-state index in [1.165, 1.54) is 4.90 Å². The predicted molar refractivity (Wildman–Crippen MR) is 71.2 cm³/mol. The van der Waals surface area contributed by atoms with Gasteiger partial charge in [0.05, 0.1) is 6.54 Å². The van der Waals surface area contributed by atoms with Crippen LogP contribution in [-0.2, 0) is 9.59 Å². The second-order valence-electron chi connectivity index (χ2n) is 4.37. The van der Waals surface area contributed by atoms with Gasteiger partial charge < -0.3 is 14.5 Å². The molecule has 1 saturated heterocycles. The fraction of sp³-hybridized carbons (Fsp3) is 0.385. The highest BCUT2D eigenvalue weighted by Crippen LogP contribution is 2.15. The second-order valence-corrected chi connectivity index (χ2v) is 4.81. The van der Waals surface area contributed by atoms with Crippen molar-refractivity contribution in [3.05, 3.63) is 29.3 Å². The SMILES string of the molecule is CN1CCN(C(=O)COc2ccc(Cl)cc2)CC1=O. The Kier molecular flexibility index (Phi) is 4.27. The van der Waals surface area contributed by atoms with E-state index in [4.69, 9.17) is 16.3 Å². The summed E-state index contributed by atoms with van der Waals surface area (Å²) in [4.78, 5) is 26.5. The van der Waals surface area contributed by atoms with E-state index < -0.39 is 0 Å². The molecule has 1 aliphatic rings. The highest BCUT2D eigenvalue weighted by molar-refractivity contribution is 6.30. The summed E-state index contributed by atoms with van der Waals surface area (Å²) in [7, 11) is 1.73. The van der Waals surface area contributed by atoms with Crippen LogP contribution in [0.25, 0.3) is 0 Å². The first kappa shape index (κ1) is 13.7. The van der Waals surface area contributed by atoms with Gasteiger partial charge in [0, 0.05) is 25.2 Å². The number of carbonyl (C=O) groups excluding carboxylic acids is 2. The highest BCUT2D eigenvalue weighted by atomic mass is 35.5. The molecule has 0 radical (unpaired) electrons. The minimum atomic E-state index is -0.184. The summed E-state index contributed by atoms with van der Waals surface area (Å²) in [6.45, 7) is 1.16. The van der Waals surface area contributed by atoms with Crippen LogP contribution in [0.2, 0.25) is 5.02 Å². The topological polar surface area (TPSA) is 49.9 Å². The Morgan fingerprint density at radius 2 is 2.00 bits per heavy atom. The molecule has 6 heteroatoms. The van der Waals surface area contributed by atoms with E-state index >= 15 is 0 Å². The van der Waals surface area contributed by atoms with Gasteiger partial charge in [0.1, 0.15) is 5.75 Å². The molecule has 0 unspecified atom stereocenters. The molecule has 0 bridgehead atoms. The first-order chi connectivity index (χ1) is 9.06. The molecular formula is C13H15ClN2O3. The number of hydrogen-bond donors (Lipinski definition) is 0. The number of amides is 2. The number of hydrogen-bond acceptors (Lipinski definition) is 3. The van der Waals surface area contributed by atoms with Crippen molar-refractivity contribution in [1.82, 2.24) is 9.80 Å². The van der Waals surface area contributed by atoms with Crippen LogP contribution in [0.4, 0.5) is 0 Å². The predicted octanol–water partition coefficient (Wildman–Crippen LogP) is 1.02. The van der Waals surface area contributed by atoms with Gasteiger partial charge in [-0.1, -0.05) is 11.6 Å². The van der Waals surface area contributed by atoms with E-state index in [0.717, 1.165) is 0 Å². The molecule has 2 amide bonds. The van der Waals surface area contributed by atoms with Gasteiger partial charge in [-0.2, -0.15) is 0 Å². The third-order valence-corrected chi connectivity index (χ3v) is 3.24. The maximum Gasteiger partial charge on any atom is 0.261 e. The lowest BCUT2D eigenvalue weighted by Gasteiger charge is -2.31. The van der Waals surface area contributed by atoms with Crippen molar-refractivity contribution in [2.75, 3.05) is 33.3 Å². The summed E-state index contributed by atoms with van der Waals surface area (Å²) < 4.78 is 5.36. The Morgan fingerprint density at radius 3 is 2.63 bits per heavy atom. The van der Waals surface area contributed by atoms with Gasteiger partial charge in [-0.05, 0) is 24.3 Å². The molecule has 0 aromatic heterocycles. The normalized spacial score (nSPS) is 15.6. The number of rotatable bonds is 3. The highest BCUT2D eigenvalue weighted by Gasteiger charge is 2.24. The van der Waals surface area contributed by atoms with Gasteiger partial charge in [-0.3, -0.25) is 9.59 Å². The summed E-state index contributed by atoms with van der Waals surface area (Å²) in [6.07, 6.45) is 0. The fourth-order valence-corrected chi connectivity index (χ4v) is 1.86. The van der Waals surface area contributed by atoms with Gasteiger partial charge in [0.2, 0.25) is 5.91 Å². The molecule has 2 rings (SSSR count). The van der Waals surface area contributed by atoms with Gasteiger partial charge in [0.25, 0.3) is 5.91 Å². The van der Waals surface area contributed by atoms with Crippen LogP contribution in [0.15, 0.2) is 24.3 Å². The van der Waals surface area contributed by atoms with Crippen molar-refractivity contribution >= 4 is 23.4 Å². The lowest BCUT2D eigenvalue weighted by atomic mass is 10.3. The van der Waals surface area contributed by atoms with E-state index in [1.807, 2.05) is 0 Å². The maximum atomic E-state index is 11.9. The summed E-state index contributed by atoms with van der Waals surface area (Å²) in [5.74, 6) is 0.348. The van der Waals surface area contributed by atoms with Crippen LogP contribution in [-0.4, -0.2) is 54.9 Å². The van der Waals surface area contributed by atoms with E-state index in [-0.39, 0.29) is 25.0 Å². The zero-order valence-electron chi connectivity index (χ0n) is 10.6. The molecule has 0 saturated carbocycles. The summed E-state index contributed by atoms with van der Waals surface area (Å²) >= 11 is 5.75. The Hall–Kier alpha value is -1.75. The quantitative estimate of drug-likeness (QED) is 0.832. The summed E-state index contributed by atoms with van der Waals surface area (Å²) in [5, 5.41) is 0.614. The van der Waals surface area contributed by atoms with Crippen LogP contribution in [0.1, 0.15) is 0 Å². The van der Waals surface area contributed by atoms with Gasteiger partial charge >= 0.3 is 0 Å². The minimum absolute atomic E-state index is 0.0499. The van der Waals surface area contributed by atoms with Gasteiger partial charge in [-0.25, -0.2) is 0 Å². The first-order valence-corrected chi connectivity index (χ1v) is 6.34. The van der Waals surface area contributed by atoms with Crippen molar-refractivity contribution in [2.45, 2.75) is 0 Å². The van der Waals surface area contributed by atoms with E-state index in [0.29, 0.717) is 23.9 Å². The standard InChI is InChI=1S/C13H15ClN2O3/c1-15-6-7-16(8-12(15)17)13(18)9-19-11-4-2-10(14)3-5-11/h2-5H,6-9H2,1H3. The Morgan fingerprint density at radius 1 is 1.32 bits per heavy atom. The molecule has 0 N–H and O–H groups in total. The minimum Gasteiger partial charge on any atom is -0.484 e. The lowest BCUT2D eigenvalue weighted by molar-refractivity contribution is -0.145. The Balaban J connectivity index is 1.84. The lowest BCUT2D eigenvalue weighted by Crippen LogP contribution is -2.51. The van der Waals surface area contributed by atoms with Crippen molar-refractivity contribution in [3.63, 3.8) is 0 Å². The molecule has 1 aromatic carbocycles. The molecule has 1 fully saturated rings. The third-order valence-electron chi connectivity index (χ3n) is 2.99. The molecule has 1 aliphatic heterocycles. The first-order valence-electron chi connectivity index (χ1n) is 5.96. The molecule has 19 heavy (non-hydrogen) atoms. The van der Waals surface area contributed by atoms with E-state index in [9.17, 15) is 9.59 Å². The summed E-state index contributed by atoms with van der Waals surface area (Å²) in [5.41, 5.74) is 0. The molecule has 1 aromatic rings. The van der Waals surface area contributed by atoms with Crippen LogP contribution >= 0.6 is 11.6 Å². The van der Waals surface area contributed by atoms with Crippen molar-refractivity contribution < 1.29 is 14.3 Å². The largest absolute Gasteiger partial charge is 0.484 e. The average Bonchev–Trinajstić information content (AvgIpc) is 2.41. The number of ether oxygens (including phenoxy) is 1. The molecule has 1 heterocycles. The Bertz CT molecular complexity index is 475. The number of halogens is 1. The molecule has 102 valence electrons. The second kappa shape index (κ2) is 5.93. The average molecular weight is 283 g/mol. The zero-order chi connectivity index (χ0) is 13.8. The zero-order valence-corrected chi connectivity index (χ0v) is 11.4. The van der Waals surface area contributed by atoms with Gasteiger partial charge in [-0.15, -0.1) is 0 Å². The number of nitrogens with zero attached hydrogens (tertiary/aromatic N) is 2. The smallest absolute Gasteiger partial charge is 0.261 e. The monoisotopic (exact) mass is 282 g/mol. The molecule has 5 nitrogen and oxygen atoms in total. The Labute approximate surface area is 116 Å². The molecular weight excluding hydrogens is 268 g/mol. The van der Waals surface area contributed by atoms with Crippen LogP contribution in [0.3, 0.4) is 0 Å². The van der Waals surface area contributed by atoms with Crippen molar-refractivity contribution in [1.29, 1.82) is 0 Å². The van der Waals surface area contributed by atoms with Crippen LogP contribution in [0, 0.1) is 0 Å². The number of carbonyl (C=O) groups is 2. The molecule has 0 atom stereocenters. The fourth-order valence-electron chi connectivity index (χ4n) is 1.74. The maximum absolute atomic E-state index is 11.9. The van der Waals surface area contributed by atoms with E-state index in [2.05, 4.69) is 0 Å². The van der Waals surface area contributed by atoms with Crippen molar-refractivity contribution in [3.8, 4) is 5.75 Å². The van der Waals surface area contributed by atoms with Gasteiger partial charge in [0.15, 0.2) is 6.61 Å². The third kappa shape index (κ3) is 3.61. The number of benzene rings is 1. The van der Waals surface area contributed by atoms with Crippen molar-refractivity contribution in [2.24, 2.45) is 0 Å². The molecule has 0 spiro atoms. The summed E-state index contributed by atoms with van der Waals surface area (Å²) in [6, 6.07) is 6.79. The van der Waals surface area contributed by atoms with Crippen LogP contribution in [0.5, 0.6) is 5.75 Å². The number of piperazine rings is 1. The van der Waals surface area contributed by atoms with Crippen LogP contribution < -0.4 is 4.74 Å². The molecule has 0 aliphatic carbocycles.